The zero-order valence-electron chi connectivity index (χ0n) is 27.3. The standard InChI is InChI=1S/C35H56O8/c1-19-10-15-35(29(39)40)17-16-32(5)20(27(35)34(19,7)41)8-9-23-31(4)13-12-24(30(2,3)22(31)11-14-33(23,32)6)43-28-26(38)25(37)21(36)18-42-28/h8,19,21-28,36-38,41H,9-18H2,1-7H3,(H,39,40)/t19-,21+,22-,23-,24+,25-,26-,27-,28-,31-,32-,33+,34-,35-/m0/s1. The summed E-state index contributed by atoms with van der Waals surface area (Å²) in [5.74, 6) is -0.306. The van der Waals surface area contributed by atoms with E-state index in [4.69, 9.17) is 9.47 Å². The highest BCUT2D eigenvalue weighted by molar-refractivity contribution is 5.77. The van der Waals surface area contributed by atoms with Gasteiger partial charge in [0.1, 0.15) is 18.3 Å². The minimum Gasteiger partial charge on any atom is -0.481 e. The maximum atomic E-state index is 13.0. The minimum atomic E-state index is -1.30. The topological polar surface area (TPSA) is 137 Å². The molecule has 0 unspecified atom stereocenters. The highest BCUT2D eigenvalue weighted by Gasteiger charge is 2.71. The Morgan fingerprint density at radius 1 is 0.907 bits per heavy atom. The molecular formula is C35H56O8. The smallest absolute Gasteiger partial charge is 0.310 e. The lowest BCUT2D eigenvalue weighted by atomic mass is 9.33. The van der Waals surface area contributed by atoms with Gasteiger partial charge in [-0.1, -0.05) is 53.2 Å². The first-order chi connectivity index (χ1) is 19.9. The van der Waals surface area contributed by atoms with Gasteiger partial charge in [-0.25, -0.2) is 0 Å². The number of rotatable bonds is 3. The number of hydrogen-bond donors (Lipinski definition) is 5. The van der Waals surface area contributed by atoms with E-state index in [0.717, 1.165) is 44.9 Å². The van der Waals surface area contributed by atoms with Crippen molar-refractivity contribution in [3.8, 4) is 0 Å². The number of fused-ring (bicyclic) bond motifs is 7. The SMILES string of the molecule is C[C@H]1CC[C@]2(C(=O)O)CC[C@@]3(C)C(=CC[C@H]4[C@@]5(C)CC[C@@H](O[C@@H]6OC[C@@H](O)[C@H](O)[C@@H]6O)C(C)(C)[C@@H]5CC[C@]43C)[C@H]2[C@@]1(C)O. The third-order valence-corrected chi connectivity index (χ3v) is 15.2. The molecule has 0 bridgehead atoms. The molecule has 0 aromatic rings. The lowest BCUT2D eigenvalue weighted by Gasteiger charge is -2.72. The average molecular weight is 605 g/mol. The van der Waals surface area contributed by atoms with E-state index in [1.54, 1.807) is 0 Å². The molecule has 8 heteroatoms. The summed E-state index contributed by atoms with van der Waals surface area (Å²) in [5, 5.41) is 53.4. The lowest BCUT2D eigenvalue weighted by Crippen LogP contribution is -2.68. The largest absolute Gasteiger partial charge is 0.481 e. The predicted octanol–water partition coefficient (Wildman–Crippen LogP) is 4.67. The Labute approximate surface area is 257 Å². The van der Waals surface area contributed by atoms with Crippen LogP contribution in [0.5, 0.6) is 0 Å². The van der Waals surface area contributed by atoms with Crippen LogP contribution in [0.3, 0.4) is 0 Å². The van der Waals surface area contributed by atoms with E-state index in [2.05, 4.69) is 47.6 Å². The summed E-state index contributed by atoms with van der Waals surface area (Å²) in [7, 11) is 0. The minimum absolute atomic E-state index is 0.0313. The number of carbonyl (C=O) groups is 1. The van der Waals surface area contributed by atoms with Crippen molar-refractivity contribution in [2.24, 2.45) is 50.7 Å². The second-order valence-corrected chi connectivity index (χ2v) is 17.1. The van der Waals surface area contributed by atoms with E-state index in [-0.39, 0.29) is 46.2 Å². The number of hydrogen-bond acceptors (Lipinski definition) is 7. The van der Waals surface area contributed by atoms with Crippen molar-refractivity contribution in [3.05, 3.63) is 11.6 Å². The highest BCUT2D eigenvalue weighted by atomic mass is 16.7. The molecule has 14 atom stereocenters. The van der Waals surface area contributed by atoms with Crippen molar-refractivity contribution >= 4 is 5.97 Å². The van der Waals surface area contributed by atoms with E-state index in [1.807, 2.05) is 6.92 Å². The van der Waals surface area contributed by atoms with Crippen LogP contribution in [-0.4, -0.2) is 74.4 Å². The van der Waals surface area contributed by atoms with Gasteiger partial charge in [-0.05, 0) is 104 Å². The Bertz CT molecular complexity index is 1160. The molecule has 244 valence electrons. The predicted molar refractivity (Wildman–Crippen MR) is 161 cm³/mol. The van der Waals surface area contributed by atoms with Gasteiger partial charge in [0.25, 0.3) is 0 Å². The van der Waals surface area contributed by atoms with Crippen LogP contribution in [0, 0.1) is 50.7 Å². The second-order valence-electron chi connectivity index (χ2n) is 17.1. The monoisotopic (exact) mass is 604 g/mol. The van der Waals surface area contributed by atoms with Gasteiger partial charge in [-0.3, -0.25) is 4.79 Å². The van der Waals surface area contributed by atoms with Crippen molar-refractivity contribution in [3.63, 3.8) is 0 Å². The molecule has 0 amide bonds. The van der Waals surface area contributed by atoms with E-state index < -0.39 is 41.6 Å². The molecule has 1 aliphatic heterocycles. The van der Waals surface area contributed by atoms with Crippen molar-refractivity contribution in [2.75, 3.05) is 6.61 Å². The summed E-state index contributed by atoms with van der Waals surface area (Å²) in [5.41, 5.74) is -1.16. The normalized spacial score (nSPS) is 56.1. The van der Waals surface area contributed by atoms with Crippen molar-refractivity contribution in [1.29, 1.82) is 0 Å². The number of aliphatic hydroxyl groups is 4. The van der Waals surface area contributed by atoms with E-state index in [9.17, 15) is 30.3 Å². The molecule has 5 aliphatic carbocycles. The van der Waals surface area contributed by atoms with Gasteiger partial charge in [0.2, 0.25) is 0 Å². The van der Waals surface area contributed by atoms with E-state index in [1.165, 1.54) is 5.57 Å². The molecule has 5 fully saturated rings. The van der Waals surface area contributed by atoms with Gasteiger partial charge >= 0.3 is 5.97 Å². The fraction of sp³-hybridized carbons (Fsp3) is 0.914. The first-order valence-electron chi connectivity index (χ1n) is 16.9. The van der Waals surface area contributed by atoms with Crippen molar-refractivity contribution in [1.82, 2.24) is 0 Å². The van der Waals surface area contributed by atoms with Crippen LogP contribution in [0.4, 0.5) is 0 Å². The summed E-state index contributed by atoms with van der Waals surface area (Å²) in [6.07, 6.45) is 5.06. The number of carboxylic acid groups (broad SMARTS) is 1. The quantitative estimate of drug-likeness (QED) is 0.232. The summed E-state index contributed by atoms with van der Waals surface area (Å²) in [4.78, 5) is 13.0. The van der Waals surface area contributed by atoms with Gasteiger partial charge in [-0.2, -0.15) is 0 Å². The molecule has 4 saturated carbocycles. The second kappa shape index (κ2) is 9.98. The molecule has 8 nitrogen and oxygen atoms in total. The molecule has 6 rings (SSSR count). The lowest BCUT2D eigenvalue weighted by molar-refractivity contribution is -0.308. The average Bonchev–Trinajstić information content (AvgIpc) is 2.92. The summed E-state index contributed by atoms with van der Waals surface area (Å²) in [6.45, 7) is 15.8. The Hall–Kier alpha value is -1.03. The van der Waals surface area contributed by atoms with Crippen molar-refractivity contribution in [2.45, 2.75) is 143 Å². The molecule has 43 heavy (non-hydrogen) atoms. The van der Waals surface area contributed by atoms with E-state index in [0.29, 0.717) is 24.7 Å². The molecule has 5 N–H and O–H groups in total. The molecule has 0 aromatic carbocycles. The maximum Gasteiger partial charge on any atom is 0.310 e. The fourth-order valence-corrected chi connectivity index (χ4v) is 12.1. The Morgan fingerprint density at radius 2 is 1.60 bits per heavy atom. The molecule has 1 heterocycles. The molecule has 6 aliphatic rings. The highest BCUT2D eigenvalue weighted by Crippen LogP contribution is 2.76. The van der Waals surface area contributed by atoms with Crippen LogP contribution in [0.2, 0.25) is 0 Å². The first kappa shape index (κ1) is 31.9. The zero-order valence-corrected chi connectivity index (χ0v) is 27.3. The Morgan fingerprint density at radius 3 is 2.28 bits per heavy atom. The number of ether oxygens (including phenoxy) is 2. The van der Waals surface area contributed by atoms with Crippen LogP contribution in [0.25, 0.3) is 0 Å². The van der Waals surface area contributed by atoms with E-state index >= 15 is 0 Å². The third-order valence-electron chi connectivity index (χ3n) is 15.2. The van der Waals surface area contributed by atoms with Crippen LogP contribution >= 0.6 is 0 Å². The van der Waals surface area contributed by atoms with Crippen LogP contribution in [0.1, 0.15) is 106 Å². The molecule has 0 radical (unpaired) electrons. The molecule has 1 saturated heterocycles. The third kappa shape index (κ3) is 4.11. The van der Waals surface area contributed by atoms with Crippen LogP contribution in [-0.2, 0) is 14.3 Å². The fourth-order valence-electron chi connectivity index (χ4n) is 12.1. The summed E-state index contributed by atoms with van der Waals surface area (Å²) >= 11 is 0. The number of allylic oxidation sites excluding steroid dienone is 1. The van der Waals surface area contributed by atoms with Gasteiger partial charge in [0.15, 0.2) is 6.29 Å². The van der Waals surface area contributed by atoms with Gasteiger partial charge in [-0.15, -0.1) is 0 Å². The van der Waals surface area contributed by atoms with Crippen LogP contribution < -0.4 is 0 Å². The summed E-state index contributed by atoms with van der Waals surface area (Å²) in [6, 6.07) is 0. The molecule has 0 spiro atoms. The number of aliphatic hydroxyl groups excluding tert-OH is 3. The Balaban J connectivity index is 1.33. The van der Waals surface area contributed by atoms with Crippen molar-refractivity contribution < 1.29 is 39.8 Å². The van der Waals surface area contributed by atoms with Gasteiger partial charge < -0.3 is 35.0 Å². The maximum absolute atomic E-state index is 13.0. The van der Waals surface area contributed by atoms with Crippen LogP contribution in [0.15, 0.2) is 11.6 Å². The number of aliphatic carboxylic acids is 1. The van der Waals surface area contributed by atoms with Gasteiger partial charge in [0.05, 0.1) is 23.7 Å². The van der Waals surface area contributed by atoms with Gasteiger partial charge in [0, 0.05) is 5.92 Å². The molecule has 0 aromatic heterocycles. The number of carboxylic acids is 1. The zero-order chi connectivity index (χ0) is 31.5. The summed E-state index contributed by atoms with van der Waals surface area (Å²) < 4.78 is 12.1. The molecular weight excluding hydrogens is 548 g/mol. The Kier molecular flexibility index (Phi) is 7.41. The first-order valence-corrected chi connectivity index (χ1v) is 16.9.